The Morgan fingerprint density at radius 3 is 2.13 bits per heavy atom. The molecular weight excluding hydrogens is 288 g/mol. The third-order valence-electron chi connectivity index (χ3n) is 4.62. The van der Waals surface area contributed by atoms with Crippen LogP contribution in [0, 0.1) is 5.41 Å². The van der Waals surface area contributed by atoms with E-state index in [-0.39, 0.29) is 11.8 Å². The number of likely N-dealkylation sites (tertiary alicyclic amines) is 1. The third kappa shape index (κ3) is 4.34. The van der Waals surface area contributed by atoms with Crippen LogP contribution in [0.5, 0.6) is 0 Å². The Labute approximate surface area is 139 Å². The maximum absolute atomic E-state index is 12.8. The number of aryl methyl sites for hydroxylation is 1. The van der Waals surface area contributed by atoms with Gasteiger partial charge in [-0.1, -0.05) is 31.9 Å². The summed E-state index contributed by atoms with van der Waals surface area (Å²) >= 11 is 0. The second kappa shape index (κ2) is 7.62. The highest BCUT2D eigenvalue weighted by atomic mass is 16.2. The van der Waals surface area contributed by atoms with Crippen LogP contribution in [0.15, 0.2) is 24.3 Å². The summed E-state index contributed by atoms with van der Waals surface area (Å²) in [5.41, 5.74) is 0.917. The fourth-order valence-corrected chi connectivity index (χ4v) is 2.88. The zero-order valence-electron chi connectivity index (χ0n) is 14.5. The molecule has 1 fully saturated rings. The molecule has 0 spiro atoms. The van der Waals surface area contributed by atoms with Gasteiger partial charge < -0.3 is 10.2 Å². The van der Waals surface area contributed by atoms with Crippen molar-refractivity contribution in [2.75, 3.05) is 18.4 Å². The molecule has 0 aliphatic carbocycles. The lowest BCUT2D eigenvalue weighted by atomic mass is 9.90. The molecule has 0 unspecified atom stereocenters. The molecule has 1 aliphatic rings. The lowest BCUT2D eigenvalue weighted by molar-refractivity contribution is -0.146. The van der Waals surface area contributed by atoms with Crippen LogP contribution >= 0.6 is 0 Å². The average molecular weight is 316 g/mol. The minimum absolute atomic E-state index is 0.0675. The van der Waals surface area contributed by atoms with Gasteiger partial charge >= 0.3 is 0 Å². The number of carbonyl (C=O) groups excluding carboxylic acids is 2. The minimum Gasteiger partial charge on any atom is -0.342 e. The van der Waals surface area contributed by atoms with E-state index >= 15 is 0 Å². The van der Waals surface area contributed by atoms with E-state index in [1.807, 2.05) is 29.2 Å². The van der Waals surface area contributed by atoms with Gasteiger partial charge in [-0.2, -0.15) is 0 Å². The van der Waals surface area contributed by atoms with E-state index < -0.39 is 5.41 Å². The van der Waals surface area contributed by atoms with Gasteiger partial charge in [-0.3, -0.25) is 9.59 Å². The number of nitrogens with zero attached hydrogens (tertiary/aromatic N) is 1. The molecule has 0 aromatic heterocycles. The van der Waals surface area contributed by atoms with Gasteiger partial charge in [0.05, 0.1) is 0 Å². The molecule has 1 aliphatic heterocycles. The molecule has 0 saturated carbocycles. The Balaban J connectivity index is 2.04. The van der Waals surface area contributed by atoms with E-state index in [0.717, 1.165) is 38.0 Å². The molecule has 1 heterocycles. The zero-order valence-corrected chi connectivity index (χ0v) is 14.5. The summed E-state index contributed by atoms with van der Waals surface area (Å²) in [4.78, 5) is 27.2. The lowest BCUT2D eigenvalue weighted by Gasteiger charge is -2.30. The first-order valence-electron chi connectivity index (χ1n) is 8.65. The van der Waals surface area contributed by atoms with E-state index in [0.29, 0.717) is 0 Å². The van der Waals surface area contributed by atoms with Crippen molar-refractivity contribution in [3.8, 4) is 0 Å². The van der Waals surface area contributed by atoms with Crippen molar-refractivity contribution in [2.45, 2.75) is 52.9 Å². The highest BCUT2D eigenvalue weighted by Gasteiger charge is 2.39. The van der Waals surface area contributed by atoms with E-state index in [1.54, 1.807) is 13.8 Å². The molecule has 0 radical (unpaired) electrons. The van der Waals surface area contributed by atoms with Crippen molar-refractivity contribution in [1.29, 1.82) is 0 Å². The molecule has 2 rings (SSSR count). The van der Waals surface area contributed by atoms with Crippen LogP contribution in [0.25, 0.3) is 0 Å². The molecule has 1 aromatic rings. The molecule has 1 saturated heterocycles. The number of anilines is 1. The molecule has 0 bridgehead atoms. The first-order valence-corrected chi connectivity index (χ1v) is 8.65. The summed E-state index contributed by atoms with van der Waals surface area (Å²) in [6.07, 6.45) is 5.36. The molecule has 1 N–H and O–H groups in total. The van der Waals surface area contributed by atoms with Gasteiger partial charge in [0.1, 0.15) is 5.41 Å². The van der Waals surface area contributed by atoms with Gasteiger partial charge in [0, 0.05) is 18.8 Å². The number of benzene rings is 1. The fourth-order valence-electron chi connectivity index (χ4n) is 2.88. The lowest BCUT2D eigenvalue weighted by Crippen LogP contribution is -2.47. The topological polar surface area (TPSA) is 49.4 Å². The predicted octanol–water partition coefficient (Wildman–Crippen LogP) is 3.62. The molecular formula is C19H28N2O2. The maximum Gasteiger partial charge on any atom is 0.239 e. The Bertz CT molecular complexity index is 541. The fraction of sp³-hybridized carbons (Fsp3) is 0.579. The van der Waals surface area contributed by atoms with Crippen molar-refractivity contribution in [2.24, 2.45) is 5.41 Å². The van der Waals surface area contributed by atoms with Crippen molar-refractivity contribution in [3.05, 3.63) is 29.8 Å². The summed E-state index contributed by atoms with van der Waals surface area (Å²) in [5.74, 6) is -0.307. The van der Waals surface area contributed by atoms with E-state index in [2.05, 4.69) is 12.2 Å². The van der Waals surface area contributed by atoms with E-state index in [9.17, 15) is 9.59 Å². The molecule has 0 atom stereocenters. The van der Waals surface area contributed by atoms with Gasteiger partial charge in [-0.05, 0) is 50.8 Å². The number of hydrogen-bond donors (Lipinski definition) is 1. The normalized spacial score (nSPS) is 15.9. The van der Waals surface area contributed by atoms with Crippen LogP contribution in [-0.4, -0.2) is 29.8 Å². The molecule has 126 valence electrons. The van der Waals surface area contributed by atoms with Gasteiger partial charge in [0.15, 0.2) is 0 Å². The summed E-state index contributed by atoms with van der Waals surface area (Å²) < 4.78 is 0. The highest BCUT2D eigenvalue weighted by molar-refractivity contribution is 6.09. The van der Waals surface area contributed by atoms with Crippen LogP contribution in [0.2, 0.25) is 0 Å². The summed E-state index contributed by atoms with van der Waals surface area (Å²) in [6.45, 7) is 7.06. The maximum atomic E-state index is 12.8. The molecule has 2 amide bonds. The first-order chi connectivity index (χ1) is 10.9. The molecule has 4 heteroatoms. The van der Waals surface area contributed by atoms with E-state index in [1.165, 1.54) is 18.4 Å². The Kier molecular flexibility index (Phi) is 5.80. The third-order valence-corrected chi connectivity index (χ3v) is 4.62. The molecule has 4 nitrogen and oxygen atoms in total. The smallest absolute Gasteiger partial charge is 0.239 e. The van der Waals surface area contributed by atoms with Crippen LogP contribution in [0.3, 0.4) is 0 Å². The van der Waals surface area contributed by atoms with E-state index in [4.69, 9.17) is 0 Å². The van der Waals surface area contributed by atoms with Gasteiger partial charge in [0.25, 0.3) is 0 Å². The second-order valence-electron chi connectivity index (χ2n) is 6.84. The number of nitrogens with one attached hydrogen (secondary N) is 1. The summed E-state index contributed by atoms with van der Waals surface area (Å²) in [5, 5.41) is 2.88. The highest BCUT2D eigenvalue weighted by Crippen LogP contribution is 2.24. The van der Waals surface area contributed by atoms with Crippen LogP contribution < -0.4 is 5.32 Å². The predicted molar refractivity (Wildman–Crippen MR) is 93.3 cm³/mol. The van der Waals surface area contributed by atoms with Crippen LogP contribution in [0.4, 0.5) is 5.69 Å². The van der Waals surface area contributed by atoms with Crippen molar-refractivity contribution in [3.63, 3.8) is 0 Å². The largest absolute Gasteiger partial charge is 0.342 e. The Morgan fingerprint density at radius 2 is 1.61 bits per heavy atom. The van der Waals surface area contributed by atoms with Crippen molar-refractivity contribution >= 4 is 17.5 Å². The molecule has 1 aromatic carbocycles. The SMILES string of the molecule is CCc1ccc(NC(=O)C(C)(C)C(=O)N2CCCCCC2)cc1. The quantitative estimate of drug-likeness (QED) is 0.863. The number of carbonyl (C=O) groups is 2. The standard InChI is InChI=1S/C19H28N2O2/c1-4-15-9-11-16(12-10-15)20-17(22)19(2,3)18(23)21-13-7-5-6-8-14-21/h9-12H,4-8,13-14H2,1-3H3,(H,20,22). The van der Waals surface area contributed by atoms with Gasteiger partial charge in [-0.15, -0.1) is 0 Å². The monoisotopic (exact) mass is 316 g/mol. The van der Waals surface area contributed by atoms with Crippen LogP contribution in [-0.2, 0) is 16.0 Å². The van der Waals surface area contributed by atoms with Crippen LogP contribution in [0.1, 0.15) is 52.0 Å². The number of rotatable bonds is 4. The van der Waals surface area contributed by atoms with Gasteiger partial charge in [-0.25, -0.2) is 0 Å². The second-order valence-corrected chi connectivity index (χ2v) is 6.84. The first kappa shape index (κ1) is 17.5. The zero-order chi connectivity index (χ0) is 16.9. The number of hydrogen-bond acceptors (Lipinski definition) is 2. The van der Waals surface area contributed by atoms with Gasteiger partial charge in [0.2, 0.25) is 11.8 Å². The minimum atomic E-state index is -1.05. The number of amides is 2. The Morgan fingerprint density at radius 1 is 1.04 bits per heavy atom. The van der Waals surface area contributed by atoms with Crippen molar-refractivity contribution in [1.82, 2.24) is 4.90 Å². The summed E-state index contributed by atoms with van der Waals surface area (Å²) in [6, 6.07) is 7.78. The summed E-state index contributed by atoms with van der Waals surface area (Å²) in [7, 11) is 0. The molecule has 23 heavy (non-hydrogen) atoms. The van der Waals surface area contributed by atoms with Crippen molar-refractivity contribution < 1.29 is 9.59 Å². The average Bonchev–Trinajstić information content (AvgIpc) is 2.84. The Hall–Kier alpha value is -1.84.